The number of anilines is 2. The molecule has 3 N–H and O–H groups in total. The highest BCUT2D eigenvalue weighted by molar-refractivity contribution is 7.07. The van der Waals surface area contributed by atoms with Crippen molar-refractivity contribution in [3.05, 3.63) is 73.1 Å². The van der Waals surface area contributed by atoms with Crippen LogP contribution < -0.4 is 30.7 Å². The van der Waals surface area contributed by atoms with Crippen molar-refractivity contribution in [1.82, 2.24) is 19.8 Å². The van der Waals surface area contributed by atoms with E-state index in [2.05, 4.69) is 38.0 Å². The Morgan fingerprint density at radius 2 is 1.89 bits per heavy atom. The van der Waals surface area contributed by atoms with Crippen LogP contribution in [0.15, 0.2) is 47.3 Å². The van der Waals surface area contributed by atoms with Crippen molar-refractivity contribution in [1.29, 1.82) is 5.26 Å². The lowest BCUT2D eigenvalue weighted by Crippen LogP contribution is -2.37. The number of carbonyl (C=O) groups is 2. The van der Waals surface area contributed by atoms with Crippen molar-refractivity contribution in [3.8, 4) is 6.07 Å². The second-order valence-electron chi connectivity index (χ2n) is 8.64. The average Bonchev–Trinajstić information content (AvgIpc) is 3.22. The number of hydrogen-bond acceptors (Lipinski definition) is 8. The van der Waals surface area contributed by atoms with Crippen molar-refractivity contribution in [2.45, 2.75) is 33.4 Å². The van der Waals surface area contributed by atoms with Gasteiger partial charge in [0.1, 0.15) is 26.9 Å². The lowest BCUT2D eigenvalue weighted by molar-refractivity contribution is -0.117. The number of carbonyl (C=O) groups excluding carboxylic acids is 2. The fourth-order valence-corrected chi connectivity index (χ4v) is 5.32. The molecule has 10 nitrogen and oxygen atoms in total. The lowest BCUT2D eigenvalue weighted by atomic mass is 10.00. The zero-order valence-electron chi connectivity index (χ0n) is 21.3. The first kappa shape index (κ1) is 26.8. The summed E-state index contributed by atoms with van der Waals surface area (Å²) < 4.78 is 2.02. The molecule has 0 fully saturated rings. The Morgan fingerprint density at radius 1 is 1.13 bits per heavy atom. The van der Waals surface area contributed by atoms with E-state index in [0.717, 1.165) is 30.8 Å². The average molecular weight is 532 g/mol. The fourth-order valence-electron chi connectivity index (χ4n) is 4.24. The number of nitrogens with one attached hydrogen (secondary N) is 3. The summed E-state index contributed by atoms with van der Waals surface area (Å²) in [7, 11) is 0. The van der Waals surface area contributed by atoms with E-state index in [9.17, 15) is 19.6 Å². The SMILES string of the molecule is CCNC(=O)/C(C#N)=c1\s/c(=C/Nc2cccc(NC(=O)CN3CCc4ccccc4C3)n2)c(=O)n1CC. The number of amides is 2. The zero-order valence-corrected chi connectivity index (χ0v) is 22.1. The van der Waals surface area contributed by atoms with Gasteiger partial charge in [-0.05, 0) is 43.5 Å². The molecule has 4 rings (SSSR count). The molecule has 0 spiro atoms. The molecule has 2 aromatic heterocycles. The van der Waals surface area contributed by atoms with E-state index < -0.39 is 5.91 Å². The molecule has 0 saturated heterocycles. The van der Waals surface area contributed by atoms with Gasteiger partial charge >= 0.3 is 0 Å². The summed E-state index contributed by atoms with van der Waals surface area (Å²) in [6.45, 7) is 6.03. The summed E-state index contributed by atoms with van der Waals surface area (Å²) in [6, 6.07) is 15.3. The number of rotatable bonds is 8. The summed E-state index contributed by atoms with van der Waals surface area (Å²) in [5, 5.41) is 18.0. The Labute approximate surface area is 223 Å². The molecule has 0 aliphatic carbocycles. The number of nitrogens with zero attached hydrogens (tertiary/aromatic N) is 4. The highest BCUT2D eigenvalue weighted by Gasteiger charge is 2.18. The van der Waals surface area contributed by atoms with E-state index in [4.69, 9.17) is 0 Å². The number of hydrogen-bond donors (Lipinski definition) is 3. The maximum atomic E-state index is 12.9. The Morgan fingerprint density at radius 3 is 2.63 bits per heavy atom. The molecule has 1 aliphatic rings. The maximum absolute atomic E-state index is 12.9. The molecule has 2 amide bonds. The molecule has 1 aliphatic heterocycles. The van der Waals surface area contributed by atoms with Gasteiger partial charge in [0, 0.05) is 32.4 Å². The normalized spacial score (nSPS) is 14.3. The second kappa shape index (κ2) is 12.3. The third kappa shape index (κ3) is 6.16. The van der Waals surface area contributed by atoms with Crippen LogP contribution in [0.25, 0.3) is 11.8 Å². The minimum absolute atomic E-state index is 0.101. The van der Waals surface area contributed by atoms with Crippen LogP contribution >= 0.6 is 11.3 Å². The standard InChI is InChI=1S/C27H29N7O3S/c1-3-29-25(36)20(14-28)27-34(4-2)26(37)21(38-27)15-30-22-10-7-11-23(31-22)32-24(35)17-33-13-12-18-8-5-6-9-19(18)16-33/h5-11,15H,3-4,12-13,16-17H2,1-2H3,(H,29,36)(H2,30,31,32,35)/b21-15+,27-20-. The molecule has 0 unspecified atom stereocenters. The molecule has 11 heteroatoms. The summed E-state index contributed by atoms with van der Waals surface area (Å²) >= 11 is 1.06. The van der Waals surface area contributed by atoms with Crippen molar-refractivity contribution in [3.63, 3.8) is 0 Å². The van der Waals surface area contributed by atoms with E-state index in [1.165, 1.54) is 21.9 Å². The highest BCUT2D eigenvalue weighted by Crippen LogP contribution is 2.18. The van der Waals surface area contributed by atoms with Gasteiger partial charge in [0.05, 0.1) is 6.54 Å². The van der Waals surface area contributed by atoms with Gasteiger partial charge in [-0.3, -0.25) is 23.9 Å². The van der Waals surface area contributed by atoms with Crippen molar-refractivity contribution in [2.24, 2.45) is 0 Å². The lowest BCUT2D eigenvalue weighted by Gasteiger charge is -2.28. The van der Waals surface area contributed by atoms with E-state index >= 15 is 0 Å². The number of aromatic nitrogens is 2. The molecule has 0 atom stereocenters. The molecular formula is C27H29N7O3S. The van der Waals surface area contributed by atoms with E-state index in [-0.39, 0.29) is 23.6 Å². The largest absolute Gasteiger partial charge is 0.352 e. The van der Waals surface area contributed by atoms with Crippen molar-refractivity contribution in [2.75, 3.05) is 30.3 Å². The van der Waals surface area contributed by atoms with E-state index in [0.29, 0.717) is 33.9 Å². The number of fused-ring (bicyclic) bond motifs is 1. The number of nitriles is 1. The fraction of sp³-hybridized carbons (Fsp3) is 0.296. The summed E-state index contributed by atoms with van der Waals surface area (Å²) in [4.78, 5) is 44.4. The van der Waals surface area contributed by atoms with Crippen LogP contribution in [0, 0.1) is 11.3 Å². The topological polar surface area (TPSA) is 132 Å². The summed E-state index contributed by atoms with van der Waals surface area (Å²) in [5.41, 5.74) is 2.16. The maximum Gasteiger partial charge on any atom is 0.270 e. The Balaban J connectivity index is 1.47. The van der Waals surface area contributed by atoms with Crippen LogP contribution in [-0.2, 0) is 29.1 Å². The minimum atomic E-state index is -0.517. The smallest absolute Gasteiger partial charge is 0.270 e. The Kier molecular flexibility index (Phi) is 8.68. The molecule has 196 valence electrons. The summed E-state index contributed by atoms with van der Waals surface area (Å²) in [5.74, 6) is 0.147. The number of pyridine rings is 1. The van der Waals surface area contributed by atoms with Gasteiger partial charge < -0.3 is 16.0 Å². The predicted octanol–water partition coefficient (Wildman–Crippen LogP) is 0.982. The number of benzene rings is 1. The summed E-state index contributed by atoms with van der Waals surface area (Å²) in [6.07, 6.45) is 2.41. The van der Waals surface area contributed by atoms with Crippen LogP contribution in [0.1, 0.15) is 25.0 Å². The van der Waals surface area contributed by atoms with Gasteiger partial charge in [-0.15, -0.1) is 11.3 Å². The molecular weight excluding hydrogens is 502 g/mol. The van der Waals surface area contributed by atoms with Crippen molar-refractivity contribution < 1.29 is 9.59 Å². The highest BCUT2D eigenvalue weighted by atomic mass is 32.1. The van der Waals surface area contributed by atoms with Crippen LogP contribution in [-0.4, -0.2) is 45.9 Å². The van der Waals surface area contributed by atoms with Gasteiger partial charge in [-0.2, -0.15) is 5.26 Å². The molecule has 38 heavy (non-hydrogen) atoms. The molecule has 3 heterocycles. The third-order valence-electron chi connectivity index (χ3n) is 6.06. The van der Waals surface area contributed by atoms with Crippen LogP contribution in [0.3, 0.4) is 0 Å². The van der Waals surface area contributed by atoms with Crippen LogP contribution in [0.4, 0.5) is 11.6 Å². The second-order valence-corrected chi connectivity index (χ2v) is 9.67. The molecule has 0 bridgehead atoms. The first-order valence-corrected chi connectivity index (χ1v) is 13.2. The van der Waals surface area contributed by atoms with E-state index in [1.807, 2.05) is 18.2 Å². The van der Waals surface area contributed by atoms with Gasteiger partial charge in [0.25, 0.3) is 11.5 Å². The first-order chi connectivity index (χ1) is 18.4. The Hall–Kier alpha value is -4.27. The van der Waals surface area contributed by atoms with E-state index in [1.54, 1.807) is 32.0 Å². The Bertz CT molecular complexity index is 1570. The van der Waals surface area contributed by atoms with Gasteiger partial charge in [0.15, 0.2) is 5.57 Å². The predicted molar refractivity (Wildman–Crippen MR) is 148 cm³/mol. The van der Waals surface area contributed by atoms with Crippen LogP contribution in [0.2, 0.25) is 0 Å². The molecule has 0 saturated carbocycles. The number of thiazole rings is 1. The monoisotopic (exact) mass is 531 g/mol. The van der Waals surface area contributed by atoms with Gasteiger partial charge in [0.2, 0.25) is 5.91 Å². The molecule has 0 radical (unpaired) electrons. The van der Waals surface area contributed by atoms with Gasteiger partial charge in [-0.25, -0.2) is 4.98 Å². The zero-order chi connectivity index (χ0) is 27.1. The first-order valence-electron chi connectivity index (χ1n) is 12.4. The van der Waals surface area contributed by atoms with Crippen molar-refractivity contribution >= 4 is 46.6 Å². The third-order valence-corrected chi connectivity index (χ3v) is 7.19. The minimum Gasteiger partial charge on any atom is -0.352 e. The molecule has 3 aromatic rings. The van der Waals surface area contributed by atoms with Crippen LogP contribution in [0.5, 0.6) is 0 Å². The molecule has 1 aromatic carbocycles. The quantitative estimate of drug-likeness (QED) is 0.395. The van der Waals surface area contributed by atoms with Gasteiger partial charge in [-0.1, -0.05) is 30.3 Å².